The summed E-state index contributed by atoms with van der Waals surface area (Å²) < 4.78 is 1.83. The summed E-state index contributed by atoms with van der Waals surface area (Å²) in [5.74, 6) is -0.364. The van der Waals surface area contributed by atoms with E-state index in [-0.39, 0.29) is 17.7 Å². The van der Waals surface area contributed by atoms with Gasteiger partial charge in [0.1, 0.15) is 5.65 Å². The molecule has 1 atom stereocenters. The van der Waals surface area contributed by atoms with Gasteiger partial charge < -0.3 is 14.6 Å². The van der Waals surface area contributed by atoms with Crippen molar-refractivity contribution in [3.8, 4) is 0 Å². The summed E-state index contributed by atoms with van der Waals surface area (Å²) in [4.78, 5) is 31.6. The second kappa shape index (κ2) is 8.43. The molecule has 6 nitrogen and oxygen atoms in total. The molecule has 150 valence electrons. The van der Waals surface area contributed by atoms with Crippen LogP contribution in [0.2, 0.25) is 10.0 Å². The van der Waals surface area contributed by atoms with Gasteiger partial charge in [0.15, 0.2) is 0 Å². The molecule has 2 amide bonds. The average Bonchev–Trinajstić information content (AvgIpc) is 3.14. The van der Waals surface area contributed by atoms with Crippen molar-refractivity contribution >= 4 is 40.7 Å². The Hall–Kier alpha value is -2.57. The van der Waals surface area contributed by atoms with Crippen LogP contribution in [0.25, 0.3) is 5.65 Å². The predicted molar refractivity (Wildman–Crippen MR) is 112 cm³/mol. The van der Waals surface area contributed by atoms with E-state index in [0.717, 1.165) is 24.2 Å². The summed E-state index contributed by atoms with van der Waals surface area (Å²) in [5.41, 5.74) is 2.11. The molecule has 0 spiro atoms. The number of likely N-dealkylation sites (tertiary alicyclic amines) is 1. The lowest BCUT2D eigenvalue weighted by Gasteiger charge is -2.32. The van der Waals surface area contributed by atoms with E-state index in [9.17, 15) is 9.59 Å². The Kier molecular flexibility index (Phi) is 5.74. The Morgan fingerprint density at radius 3 is 2.62 bits per heavy atom. The summed E-state index contributed by atoms with van der Waals surface area (Å²) in [6.07, 6.45) is 5.18. The maximum Gasteiger partial charge on any atom is 0.253 e. The Bertz CT molecular complexity index is 1050. The average molecular weight is 431 g/mol. The molecule has 29 heavy (non-hydrogen) atoms. The van der Waals surface area contributed by atoms with Crippen LogP contribution in [0.5, 0.6) is 0 Å². The van der Waals surface area contributed by atoms with Gasteiger partial charge in [0.25, 0.3) is 5.91 Å². The standard InChI is InChI=1S/C21H20Cl2N4O2/c22-16-5-3-14(4-6-16)21(29)26-9-1-2-15(11-26)20(28)24-10-18-13-27-12-17(23)7-8-19(27)25-18/h3-8,12-13,15H,1-2,9-11H2,(H,24,28). The van der Waals surface area contributed by atoms with E-state index < -0.39 is 0 Å². The third-order valence-electron chi connectivity index (χ3n) is 5.08. The highest BCUT2D eigenvalue weighted by molar-refractivity contribution is 6.30. The van der Waals surface area contributed by atoms with Crippen LogP contribution in [0, 0.1) is 5.92 Å². The van der Waals surface area contributed by atoms with E-state index in [1.807, 2.05) is 16.7 Å². The number of piperidine rings is 1. The number of nitrogens with one attached hydrogen (secondary N) is 1. The van der Waals surface area contributed by atoms with E-state index >= 15 is 0 Å². The number of rotatable bonds is 4. The molecule has 3 aromatic rings. The van der Waals surface area contributed by atoms with E-state index in [1.54, 1.807) is 41.4 Å². The number of benzene rings is 1. The van der Waals surface area contributed by atoms with Crippen molar-refractivity contribution in [3.63, 3.8) is 0 Å². The van der Waals surface area contributed by atoms with Crippen molar-refractivity contribution < 1.29 is 9.59 Å². The van der Waals surface area contributed by atoms with Crippen LogP contribution < -0.4 is 5.32 Å². The maximum atomic E-state index is 12.7. The molecule has 1 aromatic carbocycles. The topological polar surface area (TPSA) is 66.7 Å². The minimum absolute atomic E-state index is 0.0614. The van der Waals surface area contributed by atoms with Crippen molar-refractivity contribution in [2.45, 2.75) is 19.4 Å². The highest BCUT2D eigenvalue weighted by Gasteiger charge is 2.28. The van der Waals surface area contributed by atoms with Crippen molar-refractivity contribution in [2.24, 2.45) is 5.92 Å². The third-order valence-corrected chi connectivity index (χ3v) is 5.55. The molecule has 2 aromatic heterocycles. The number of amides is 2. The summed E-state index contributed by atoms with van der Waals surface area (Å²) in [5, 5.41) is 4.16. The Morgan fingerprint density at radius 1 is 1.07 bits per heavy atom. The first-order valence-corrected chi connectivity index (χ1v) is 10.2. The smallest absolute Gasteiger partial charge is 0.253 e. The van der Waals surface area contributed by atoms with Crippen molar-refractivity contribution in [1.29, 1.82) is 0 Å². The summed E-state index contributed by atoms with van der Waals surface area (Å²) >= 11 is 11.9. The minimum atomic E-state index is -0.230. The van der Waals surface area contributed by atoms with Gasteiger partial charge in [0.05, 0.1) is 23.2 Å². The van der Waals surface area contributed by atoms with Gasteiger partial charge in [-0.15, -0.1) is 0 Å². The van der Waals surface area contributed by atoms with E-state index in [4.69, 9.17) is 23.2 Å². The zero-order chi connectivity index (χ0) is 20.4. The van der Waals surface area contributed by atoms with Crippen molar-refractivity contribution in [2.75, 3.05) is 13.1 Å². The molecule has 1 unspecified atom stereocenters. The van der Waals surface area contributed by atoms with Crippen LogP contribution in [0.4, 0.5) is 0 Å². The molecule has 0 aliphatic carbocycles. The van der Waals surface area contributed by atoms with Gasteiger partial charge in [-0.2, -0.15) is 0 Å². The van der Waals surface area contributed by atoms with Crippen LogP contribution in [0.15, 0.2) is 48.8 Å². The molecule has 1 aliphatic rings. The van der Waals surface area contributed by atoms with Crippen LogP contribution in [-0.2, 0) is 11.3 Å². The van der Waals surface area contributed by atoms with Gasteiger partial charge in [-0.1, -0.05) is 23.2 Å². The first-order chi connectivity index (χ1) is 14.0. The quantitative estimate of drug-likeness (QED) is 0.683. The van der Waals surface area contributed by atoms with Crippen LogP contribution in [0.3, 0.4) is 0 Å². The highest BCUT2D eigenvalue weighted by Crippen LogP contribution is 2.20. The lowest BCUT2D eigenvalue weighted by molar-refractivity contribution is -0.126. The summed E-state index contributed by atoms with van der Waals surface area (Å²) in [6.45, 7) is 1.40. The number of pyridine rings is 1. The Balaban J connectivity index is 1.36. The molecule has 1 N–H and O–H groups in total. The number of imidazole rings is 1. The summed E-state index contributed by atoms with van der Waals surface area (Å²) in [6, 6.07) is 10.4. The van der Waals surface area contributed by atoms with Gasteiger partial charge >= 0.3 is 0 Å². The first kappa shape index (κ1) is 19.7. The van der Waals surface area contributed by atoms with Gasteiger partial charge in [-0.25, -0.2) is 4.98 Å². The van der Waals surface area contributed by atoms with E-state index in [2.05, 4.69) is 10.3 Å². The molecule has 0 saturated carbocycles. The number of hydrogen-bond donors (Lipinski definition) is 1. The SMILES string of the molecule is O=C(NCc1cn2cc(Cl)ccc2n1)C1CCCN(C(=O)c2ccc(Cl)cc2)C1. The van der Waals surface area contributed by atoms with Gasteiger partial charge in [-0.05, 0) is 49.2 Å². The molecule has 4 rings (SSSR count). The Labute approximate surface area is 178 Å². The fraction of sp³-hybridized carbons (Fsp3) is 0.286. The Morgan fingerprint density at radius 2 is 1.83 bits per heavy atom. The lowest BCUT2D eigenvalue weighted by Crippen LogP contribution is -2.45. The summed E-state index contributed by atoms with van der Waals surface area (Å²) in [7, 11) is 0. The zero-order valence-corrected chi connectivity index (χ0v) is 17.2. The fourth-order valence-corrected chi connectivity index (χ4v) is 3.87. The number of carbonyl (C=O) groups excluding carboxylic acids is 2. The third kappa shape index (κ3) is 4.54. The molecular formula is C21H20Cl2N4O2. The molecule has 8 heteroatoms. The molecule has 0 radical (unpaired) electrons. The predicted octanol–water partition coefficient (Wildman–Crippen LogP) is 3.81. The van der Waals surface area contributed by atoms with Crippen molar-refractivity contribution in [3.05, 3.63) is 70.1 Å². The van der Waals surface area contributed by atoms with E-state index in [0.29, 0.717) is 35.2 Å². The van der Waals surface area contributed by atoms with Gasteiger partial charge in [-0.3, -0.25) is 9.59 Å². The lowest BCUT2D eigenvalue weighted by atomic mass is 9.96. The molecule has 1 fully saturated rings. The van der Waals surface area contributed by atoms with Crippen LogP contribution in [-0.4, -0.2) is 39.2 Å². The monoisotopic (exact) mass is 430 g/mol. The van der Waals surface area contributed by atoms with Gasteiger partial charge in [0, 0.05) is 36.1 Å². The normalized spacial score (nSPS) is 16.8. The number of aromatic nitrogens is 2. The second-order valence-corrected chi connectivity index (χ2v) is 8.03. The second-order valence-electron chi connectivity index (χ2n) is 7.16. The van der Waals surface area contributed by atoms with Crippen LogP contribution in [0.1, 0.15) is 28.9 Å². The number of hydrogen-bond acceptors (Lipinski definition) is 3. The van der Waals surface area contributed by atoms with Crippen molar-refractivity contribution in [1.82, 2.24) is 19.6 Å². The molecule has 0 bridgehead atoms. The number of carbonyl (C=O) groups is 2. The number of halogens is 2. The zero-order valence-electron chi connectivity index (χ0n) is 15.6. The molecule has 3 heterocycles. The molecule has 1 aliphatic heterocycles. The fourth-order valence-electron chi connectivity index (χ4n) is 3.58. The number of nitrogens with zero attached hydrogens (tertiary/aromatic N) is 3. The minimum Gasteiger partial charge on any atom is -0.350 e. The number of fused-ring (bicyclic) bond motifs is 1. The largest absolute Gasteiger partial charge is 0.350 e. The maximum absolute atomic E-state index is 12.7. The van der Waals surface area contributed by atoms with Crippen LogP contribution >= 0.6 is 23.2 Å². The first-order valence-electron chi connectivity index (χ1n) is 9.45. The highest BCUT2D eigenvalue weighted by atomic mass is 35.5. The van der Waals surface area contributed by atoms with Gasteiger partial charge in [0.2, 0.25) is 5.91 Å². The molecule has 1 saturated heterocycles. The molecular weight excluding hydrogens is 411 g/mol. The van der Waals surface area contributed by atoms with E-state index in [1.165, 1.54) is 0 Å².